The maximum absolute atomic E-state index is 12.8. The lowest BCUT2D eigenvalue weighted by Gasteiger charge is -2.24. The summed E-state index contributed by atoms with van der Waals surface area (Å²) >= 11 is 0. The van der Waals surface area contributed by atoms with Crippen LogP contribution in [-0.4, -0.2) is 46.1 Å². The van der Waals surface area contributed by atoms with E-state index in [2.05, 4.69) is 10.6 Å². The van der Waals surface area contributed by atoms with E-state index in [9.17, 15) is 24.6 Å². The number of benzene rings is 1. The third-order valence-corrected chi connectivity index (χ3v) is 4.35. The number of carboxylic acid groups (broad SMARTS) is 1. The molecule has 0 aliphatic rings. The molecule has 8 heteroatoms. The maximum Gasteiger partial charge on any atom is 0.326 e. The second-order valence-corrected chi connectivity index (χ2v) is 7.73. The summed E-state index contributed by atoms with van der Waals surface area (Å²) in [7, 11) is 0. The van der Waals surface area contributed by atoms with E-state index >= 15 is 0 Å². The van der Waals surface area contributed by atoms with Crippen LogP contribution in [0.3, 0.4) is 0 Å². The van der Waals surface area contributed by atoms with Crippen molar-refractivity contribution in [3.63, 3.8) is 0 Å². The number of amides is 2. The minimum absolute atomic E-state index is 0.0703. The number of rotatable bonds is 10. The van der Waals surface area contributed by atoms with Crippen LogP contribution in [0.15, 0.2) is 24.3 Å². The number of hydrogen-bond acceptors (Lipinski definition) is 5. The minimum Gasteiger partial charge on any atom is -0.508 e. The monoisotopic (exact) mass is 393 g/mol. The first-order valence-corrected chi connectivity index (χ1v) is 9.38. The number of phenolic OH excluding ortho intramolecular Hbond substituents is 1. The summed E-state index contributed by atoms with van der Waals surface area (Å²) in [6, 6.07) is 3.39. The van der Waals surface area contributed by atoms with Crippen LogP contribution >= 0.6 is 0 Å². The lowest BCUT2D eigenvalue weighted by Crippen LogP contribution is -2.56. The van der Waals surface area contributed by atoms with Gasteiger partial charge in [-0.05, 0) is 36.0 Å². The maximum atomic E-state index is 12.8. The van der Waals surface area contributed by atoms with Crippen molar-refractivity contribution in [2.75, 3.05) is 0 Å². The summed E-state index contributed by atoms with van der Waals surface area (Å²) in [4.78, 5) is 36.6. The van der Waals surface area contributed by atoms with E-state index in [0.717, 1.165) is 0 Å². The van der Waals surface area contributed by atoms with Crippen molar-refractivity contribution >= 4 is 17.8 Å². The van der Waals surface area contributed by atoms with Crippen molar-refractivity contribution in [3.8, 4) is 5.75 Å². The Morgan fingerprint density at radius 2 is 1.50 bits per heavy atom. The lowest BCUT2D eigenvalue weighted by atomic mass is 10.00. The molecule has 0 spiro atoms. The zero-order valence-electron chi connectivity index (χ0n) is 16.8. The zero-order chi connectivity index (χ0) is 21.4. The van der Waals surface area contributed by atoms with Gasteiger partial charge < -0.3 is 26.6 Å². The van der Waals surface area contributed by atoms with Gasteiger partial charge in [-0.3, -0.25) is 9.59 Å². The molecule has 0 saturated carbocycles. The van der Waals surface area contributed by atoms with Crippen LogP contribution in [0, 0.1) is 11.8 Å². The fourth-order valence-corrected chi connectivity index (χ4v) is 2.61. The lowest BCUT2D eigenvalue weighted by molar-refractivity contribution is -0.142. The van der Waals surface area contributed by atoms with Crippen molar-refractivity contribution in [2.24, 2.45) is 17.6 Å². The molecule has 2 amide bonds. The van der Waals surface area contributed by atoms with Crippen LogP contribution in [0.5, 0.6) is 5.75 Å². The summed E-state index contributed by atoms with van der Waals surface area (Å²) in [5, 5.41) is 23.9. The first kappa shape index (κ1) is 23.4. The second-order valence-electron chi connectivity index (χ2n) is 7.73. The largest absolute Gasteiger partial charge is 0.508 e. The van der Waals surface area contributed by atoms with Crippen molar-refractivity contribution in [3.05, 3.63) is 29.8 Å². The SMILES string of the molecule is CC(C)C[C@H](NC(=O)[C@H](Cc1ccc(O)cc1)NC(=O)[C@@H](N)C(C)C)C(=O)O. The molecule has 0 bridgehead atoms. The van der Waals surface area contributed by atoms with E-state index in [1.807, 2.05) is 13.8 Å². The first-order valence-electron chi connectivity index (χ1n) is 9.38. The average molecular weight is 393 g/mol. The third-order valence-electron chi connectivity index (χ3n) is 4.35. The van der Waals surface area contributed by atoms with Gasteiger partial charge >= 0.3 is 5.97 Å². The van der Waals surface area contributed by atoms with Crippen molar-refractivity contribution in [1.29, 1.82) is 0 Å². The highest BCUT2D eigenvalue weighted by molar-refractivity contribution is 5.92. The van der Waals surface area contributed by atoms with Gasteiger partial charge in [0.15, 0.2) is 0 Å². The van der Waals surface area contributed by atoms with Crippen LogP contribution in [0.25, 0.3) is 0 Å². The van der Waals surface area contributed by atoms with E-state index in [1.165, 1.54) is 12.1 Å². The van der Waals surface area contributed by atoms with Crippen molar-refractivity contribution in [1.82, 2.24) is 10.6 Å². The van der Waals surface area contributed by atoms with Crippen LogP contribution in [0.4, 0.5) is 0 Å². The minimum atomic E-state index is -1.13. The predicted molar refractivity (Wildman–Crippen MR) is 106 cm³/mol. The van der Waals surface area contributed by atoms with Gasteiger partial charge in [-0.2, -0.15) is 0 Å². The Morgan fingerprint density at radius 3 is 1.96 bits per heavy atom. The molecule has 0 radical (unpaired) electrons. The predicted octanol–water partition coefficient (Wildman–Crippen LogP) is 1.02. The number of aromatic hydroxyl groups is 1. The van der Waals surface area contributed by atoms with Crippen LogP contribution in [0.2, 0.25) is 0 Å². The fourth-order valence-electron chi connectivity index (χ4n) is 2.61. The molecule has 28 heavy (non-hydrogen) atoms. The molecular formula is C20H31N3O5. The number of carbonyl (C=O) groups is 3. The first-order chi connectivity index (χ1) is 13.0. The number of nitrogens with two attached hydrogens (primary N) is 1. The van der Waals surface area contributed by atoms with Crippen LogP contribution < -0.4 is 16.4 Å². The Balaban J connectivity index is 2.99. The molecule has 0 aromatic heterocycles. The fraction of sp³-hybridized carbons (Fsp3) is 0.550. The molecule has 3 atom stereocenters. The van der Waals surface area contributed by atoms with E-state index in [-0.39, 0.29) is 30.4 Å². The Kier molecular flexibility index (Phi) is 8.91. The average Bonchev–Trinajstić information content (AvgIpc) is 2.60. The van der Waals surface area contributed by atoms with Gasteiger partial charge in [0.1, 0.15) is 17.8 Å². The quantitative estimate of drug-likeness (QED) is 0.402. The summed E-state index contributed by atoms with van der Waals surface area (Å²) in [6.07, 6.45) is 0.406. The molecule has 0 fully saturated rings. The number of carboxylic acids is 1. The van der Waals surface area contributed by atoms with Gasteiger partial charge in [-0.25, -0.2) is 4.79 Å². The van der Waals surface area contributed by atoms with Gasteiger partial charge in [0, 0.05) is 6.42 Å². The highest BCUT2D eigenvalue weighted by Gasteiger charge is 2.29. The number of hydrogen-bond donors (Lipinski definition) is 5. The van der Waals surface area contributed by atoms with Gasteiger partial charge in [-0.15, -0.1) is 0 Å². The molecule has 156 valence electrons. The van der Waals surface area contributed by atoms with Crippen molar-refractivity contribution < 1.29 is 24.6 Å². The van der Waals surface area contributed by atoms with Crippen molar-refractivity contribution in [2.45, 2.75) is 58.7 Å². The summed E-state index contributed by atoms with van der Waals surface area (Å²) in [5.41, 5.74) is 6.57. The molecule has 6 N–H and O–H groups in total. The van der Waals surface area contributed by atoms with E-state index in [1.54, 1.807) is 26.0 Å². The summed E-state index contributed by atoms with van der Waals surface area (Å²) < 4.78 is 0. The summed E-state index contributed by atoms with van der Waals surface area (Å²) in [6.45, 7) is 7.31. The van der Waals surface area contributed by atoms with Gasteiger partial charge in [-0.1, -0.05) is 39.8 Å². The molecule has 0 unspecified atom stereocenters. The highest BCUT2D eigenvalue weighted by atomic mass is 16.4. The number of nitrogens with one attached hydrogen (secondary N) is 2. The number of aliphatic carboxylic acids is 1. The molecular weight excluding hydrogens is 362 g/mol. The van der Waals surface area contributed by atoms with Gasteiger partial charge in [0.2, 0.25) is 11.8 Å². The molecule has 1 rings (SSSR count). The van der Waals surface area contributed by atoms with E-state index < -0.39 is 35.9 Å². The molecule has 8 nitrogen and oxygen atoms in total. The third kappa shape index (κ3) is 7.56. The zero-order valence-corrected chi connectivity index (χ0v) is 16.8. The molecule has 0 saturated heterocycles. The smallest absolute Gasteiger partial charge is 0.326 e. The van der Waals surface area contributed by atoms with Gasteiger partial charge in [0.25, 0.3) is 0 Å². The Morgan fingerprint density at radius 1 is 0.964 bits per heavy atom. The Bertz CT molecular complexity index is 673. The Labute approximate surface area is 165 Å². The Hall–Kier alpha value is -2.61. The molecule has 1 aromatic rings. The van der Waals surface area contributed by atoms with E-state index in [4.69, 9.17) is 5.73 Å². The highest BCUT2D eigenvalue weighted by Crippen LogP contribution is 2.12. The molecule has 0 aliphatic carbocycles. The molecule has 0 aliphatic heterocycles. The molecule has 0 heterocycles. The second kappa shape index (κ2) is 10.7. The standard InChI is InChI=1S/C20H31N3O5/c1-11(2)9-16(20(27)28)23-18(25)15(22-19(26)17(21)12(3)4)10-13-5-7-14(24)8-6-13/h5-8,11-12,15-17,24H,9-10,21H2,1-4H3,(H,22,26)(H,23,25)(H,27,28)/t15-,16-,17-/m0/s1. The topological polar surface area (TPSA) is 142 Å². The molecule has 1 aromatic carbocycles. The summed E-state index contributed by atoms with van der Waals surface area (Å²) in [5.74, 6) is -2.17. The van der Waals surface area contributed by atoms with Crippen LogP contribution in [0.1, 0.15) is 39.7 Å². The normalized spacial score (nSPS) is 14.4. The van der Waals surface area contributed by atoms with E-state index in [0.29, 0.717) is 5.56 Å². The number of carbonyl (C=O) groups excluding carboxylic acids is 2. The number of phenols is 1. The van der Waals surface area contributed by atoms with Gasteiger partial charge in [0.05, 0.1) is 6.04 Å². The van der Waals surface area contributed by atoms with Crippen LogP contribution in [-0.2, 0) is 20.8 Å².